The van der Waals surface area contributed by atoms with Gasteiger partial charge in [0.05, 0.1) is 5.69 Å². The zero-order chi connectivity index (χ0) is 21.9. The Morgan fingerprint density at radius 1 is 1.06 bits per heavy atom. The van der Waals surface area contributed by atoms with Gasteiger partial charge in [-0.3, -0.25) is 4.79 Å². The predicted octanol–water partition coefficient (Wildman–Crippen LogP) is 3.72. The third kappa shape index (κ3) is 4.06. The van der Waals surface area contributed by atoms with Crippen LogP contribution in [0.5, 0.6) is 0 Å². The molecule has 2 aromatic carbocycles. The van der Waals surface area contributed by atoms with Crippen molar-refractivity contribution in [1.82, 2.24) is 24.6 Å². The smallest absolute Gasteiger partial charge is 0.272 e. The molecule has 4 aromatic rings. The predicted molar refractivity (Wildman–Crippen MR) is 119 cm³/mol. The van der Waals surface area contributed by atoms with Crippen LogP contribution in [-0.2, 0) is 25.8 Å². The minimum Gasteiger partial charge on any atom is -0.350 e. The van der Waals surface area contributed by atoms with Gasteiger partial charge in [0.25, 0.3) is 5.91 Å². The lowest BCUT2D eigenvalue weighted by Gasteiger charge is -2.09. The SMILES string of the molecule is O=C(NCCc1nccn1Cc1ccccc1)c1nn(-c2ccc(F)cc2)c2c1CCC2. The van der Waals surface area contributed by atoms with Crippen molar-refractivity contribution < 1.29 is 9.18 Å². The van der Waals surface area contributed by atoms with Crippen LogP contribution in [0.4, 0.5) is 4.39 Å². The Kier molecular flexibility index (Phi) is 5.54. The van der Waals surface area contributed by atoms with Crippen LogP contribution in [-0.4, -0.2) is 31.8 Å². The topological polar surface area (TPSA) is 64.7 Å². The summed E-state index contributed by atoms with van der Waals surface area (Å²) in [5.74, 6) is 0.461. The number of carbonyl (C=O) groups excluding carboxylic acids is 1. The standard InChI is InChI=1S/C25H24FN5O/c26-19-9-11-20(12-10-19)31-22-8-4-7-21(22)24(29-31)25(32)28-14-13-23-27-15-16-30(23)17-18-5-2-1-3-6-18/h1-3,5-6,9-12,15-16H,4,7-8,13-14,17H2,(H,28,32). The maximum atomic E-state index is 13.3. The number of nitrogens with one attached hydrogen (secondary N) is 1. The molecule has 7 heteroatoms. The van der Waals surface area contributed by atoms with E-state index >= 15 is 0 Å². The Morgan fingerprint density at radius 3 is 2.69 bits per heavy atom. The molecule has 0 bridgehead atoms. The van der Waals surface area contributed by atoms with E-state index in [1.54, 1.807) is 23.0 Å². The van der Waals surface area contributed by atoms with E-state index in [9.17, 15) is 9.18 Å². The Labute approximate surface area is 185 Å². The van der Waals surface area contributed by atoms with E-state index in [1.165, 1.54) is 17.7 Å². The number of benzene rings is 2. The van der Waals surface area contributed by atoms with Gasteiger partial charge in [-0.05, 0) is 49.1 Å². The average Bonchev–Trinajstić information content (AvgIpc) is 3.53. The molecule has 0 radical (unpaired) electrons. The quantitative estimate of drug-likeness (QED) is 0.487. The first kappa shape index (κ1) is 20.2. The molecule has 6 nitrogen and oxygen atoms in total. The Hall–Kier alpha value is -3.74. The van der Waals surface area contributed by atoms with Gasteiger partial charge in [-0.25, -0.2) is 14.1 Å². The highest BCUT2D eigenvalue weighted by Crippen LogP contribution is 2.27. The number of amides is 1. The molecule has 2 aromatic heterocycles. The van der Waals surface area contributed by atoms with E-state index in [0.717, 1.165) is 48.6 Å². The lowest BCUT2D eigenvalue weighted by atomic mass is 10.2. The molecule has 0 fully saturated rings. The second kappa shape index (κ2) is 8.78. The maximum absolute atomic E-state index is 13.3. The van der Waals surface area contributed by atoms with E-state index in [0.29, 0.717) is 18.7 Å². The van der Waals surface area contributed by atoms with Gasteiger partial charge in [0.2, 0.25) is 0 Å². The molecule has 32 heavy (non-hydrogen) atoms. The minimum atomic E-state index is -0.291. The summed E-state index contributed by atoms with van der Waals surface area (Å²) in [5, 5.41) is 7.59. The van der Waals surface area contributed by atoms with Crippen molar-refractivity contribution in [3.8, 4) is 5.69 Å². The number of hydrogen-bond donors (Lipinski definition) is 1. The van der Waals surface area contributed by atoms with Crippen LogP contribution >= 0.6 is 0 Å². The number of rotatable bonds is 7. The highest BCUT2D eigenvalue weighted by molar-refractivity contribution is 5.94. The van der Waals surface area contributed by atoms with Gasteiger partial charge in [-0.15, -0.1) is 0 Å². The molecule has 1 N–H and O–H groups in total. The van der Waals surface area contributed by atoms with Crippen LogP contribution in [0.1, 0.15) is 39.6 Å². The fourth-order valence-electron chi connectivity index (χ4n) is 4.28. The molecule has 2 heterocycles. The summed E-state index contributed by atoms with van der Waals surface area (Å²) in [7, 11) is 0. The fraction of sp³-hybridized carbons (Fsp3) is 0.240. The summed E-state index contributed by atoms with van der Waals surface area (Å²) in [5.41, 5.74) is 4.48. The summed E-state index contributed by atoms with van der Waals surface area (Å²) in [4.78, 5) is 17.4. The van der Waals surface area contributed by atoms with Crippen LogP contribution in [0.3, 0.4) is 0 Å². The molecule has 0 spiro atoms. The Morgan fingerprint density at radius 2 is 1.88 bits per heavy atom. The first-order valence-electron chi connectivity index (χ1n) is 10.9. The van der Waals surface area contributed by atoms with Gasteiger partial charge in [0.15, 0.2) is 5.69 Å². The molecule has 0 atom stereocenters. The number of imidazole rings is 1. The van der Waals surface area contributed by atoms with Crippen LogP contribution in [0.25, 0.3) is 5.69 Å². The van der Waals surface area contributed by atoms with Crippen LogP contribution in [0.15, 0.2) is 67.0 Å². The molecule has 0 aliphatic heterocycles. The summed E-state index contributed by atoms with van der Waals surface area (Å²) in [6.07, 6.45) is 7.07. The van der Waals surface area contributed by atoms with Crippen molar-refractivity contribution in [2.45, 2.75) is 32.2 Å². The van der Waals surface area contributed by atoms with E-state index in [-0.39, 0.29) is 11.7 Å². The summed E-state index contributed by atoms with van der Waals surface area (Å²) in [6, 6.07) is 16.4. The molecular formula is C25H24FN5O. The lowest BCUT2D eigenvalue weighted by molar-refractivity contribution is 0.0947. The zero-order valence-corrected chi connectivity index (χ0v) is 17.7. The monoisotopic (exact) mass is 429 g/mol. The number of halogens is 1. The number of carbonyl (C=O) groups is 1. The minimum absolute atomic E-state index is 0.176. The summed E-state index contributed by atoms with van der Waals surface area (Å²) >= 11 is 0. The molecule has 0 unspecified atom stereocenters. The van der Waals surface area contributed by atoms with Crippen molar-refractivity contribution in [2.24, 2.45) is 0 Å². The largest absolute Gasteiger partial charge is 0.350 e. The molecule has 5 rings (SSSR count). The van der Waals surface area contributed by atoms with Gasteiger partial charge in [-0.1, -0.05) is 30.3 Å². The van der Waals surface area contributed by atoms with E-state index in [2.05, 4.69) is 32.1 Å². The summed E-state index contributed by atoms with van der Waals surface area (Å²) < 4.78 is 17.2. The average molecular weight is 429 g/mol. The number of aromatic nitrogens is 4. The highest BCUT2D eigenvalue weighted by atomic mass is 19.1. The van der Waals surface area contributed by atoms with Crippen molar-refractivity contribution in [3.63, 3.8) is 0 Å². The molecule has 1 aliphatic rings. The molecule has 0 saturated carbocycles. The van der Waals surface area contributed by atoms with Crippen LogP contribution in [0, 0.1) is 5.82 Å². The first-order chi connectivity index (χ1) is 15.7. The lowest BCUT2D eigenvalue weighted by Crippen LogP contribution is -2.27. The second-order valence-electron chi connectivity index (χ2n) is 7.98. The van der Waals surface area contributed by atoms with Gasteiger partial charge >= 0.3 is 0 Å². The summed E-state index contributed by atoms with van der Waals surface area (Å²) in [6.45, 7) is 1.22. The van der Waals surface area contributed by atoms with Crippen molar-refractivity contribution in [1.29, 1.82) is 0 Å². The van der Waals surface area contributed by atoms with Gasteiger partial charge in [0, 0.05) is 43.2 Å². The zero-order valence-electron chi connectivity index (χ0n) is 17.7. The molecule has 0 saturated heterocycles. The van der Waals surface area contributed by atoms with E-state index in [1.807, 2.05) is 24.4 Å². The van der Waals surface area contributed by atoms with Crippen LogP contribution < -0.4 is 5.32 Å². The third-order valence-corrected chi connectivity index (χ3v) is 5.85. The second-order valence-corrected chi connectivity index (χ2v) is 7.98. The van der Waals surface area contributed by atoms with Crippen molar-refractivity contribution >= 4 is 5.91 Å². The molecule has 162 valence electrons. The van der Waals surface area contributed by atoms with Gasteiger partial charge in [-0.2, -0.15) is 5.10 Å². The first-order valence-corrected chi connectivity index (χ1v) is 10.9. The van der Waals surface area contributed by atoms with Crippen LogP contribution in [0.2, 0.25) is 0 Å². The molecule has 1 amide bonds. The molecular weight excluding hydrogens is 405 g/mol. The number of hydrogen-bond acceptors (Lipinski definition) is 3. The highest BCUT2D eigenvalue weighted by Gasteiger charge is 2.26. The Balaban J connectivity index is 1.26. The van der Waals surface area contributed by atoms with E-state index < -0.39 is 0 Å². The molecule has 1 aliphatic carbocycles. The van der Waals surface area contributed by atoms with E-state index in [4.69, 9.17) is 0 Å². The van der Waals surface area contributed by atoms with Gasteiger partial charge < -0.3 is 9.88 Å². The maximum Gasteiger partial charge on any atom is 0.272 e. The third-order valence-electron chi connectivity index (χ3n) is 5.85. The Bertz CT molecular complexity index is 1230. The van der Waals surface area contributed by atoms with Gasteiger partial charge in [0.1, 0.15) is 11.6 Å². The van der Waals surface area contributed by atoms with Crippen molar-refractivity contribution in [3.05, 3.63) is 101 Å². The fourth-order valence-corrected chi connectivity index (χ4v) is 4.28. The van der Waals surface area contributed by atoms with Crippen molar-refractivity contribution in [2.75, 3.05) is 6.54 Å². The number of nitrogens with zero attached hydrogens (tertiary/aromatic N) is 4. The normalized spacial score (nSPS) is 12.7. The number of fused-ring (bicyclic) bond motifs is 1.